The Morgan fingerprint density at radius 3 is 2.12 bits per heavy atom. The summed E-state index contributed by atoms with van der Waals surface area (Å²) in [6.45, 7) is 0.709. The highest BCUT2D eigenvalue weighted by Gasteiger charge is 2.29. The third kappa shape index (κ3) is 4.75. The van der Waals surface area contributed by atoms with Crippen molar-refractivity contribution in [3.05, 3.63) is 35.4 Å². The highest BCUT2D eigenvalue weighted by atomic mass is 19.4. The van der Waals surface area contributed by atoms with Crippen LogP contribution in [0.25, 0.3) is 0 Å². The standard InChI is InChI=1S/C12H17F3N2/c1-17(2)8-11(16)7-9-3-5-10(6-4-9)12(13,14)15/h3-6,11H,7-8,16H2,1-2H3. The van der Waals surface area contributed by atoms with Gasteiger partial charge in [0.2, 0.25) is 0 Å². The van der Waals surface area contributed by atoms with Gasteiger partial charge in [0.25, 0.3) is 0 Å². The van der Waals surface area contributed by atoms with Crippen LogP contribution in [0.5, 0.6) is 0 Å². The lowest BCUT2D eigenvalue weighted by atomic mass is 10.0. The zero-order valence-corrected chi connectivity index (χ0v) is 9.96. The van der Waals surface area contributed by atoms with Crippen LogP contribution in [0, 0.1) is 0 Å². The zero-order chi connectivity index (χ0) is 13.1. The average Bonchev–Trinajstić information content (AvgIpc) is 2.15. The molecule has 0 aromatic heterocycles. The first-order chi connectivity index (χ1) is 7.79. The number of hydrogen-bond donors (Lipinski definition) is 1. The quantitative estimate of drug-likeness (QED) is 0.882. The molecule has 0 aliphatic rings. The molecule has 17 heavy (non-hydrogen) atoms. The maximum Gasteiger partial charge on any atom is 0.416 e. The first-order valence-corrected chi connectivity index (χ1v) is 5.35. The van der Waals surface area contributed by atoms with Crippen molar-refractivity contribution in [3.8, 4) is 0 Å². The van der Waals surface area contributed by atoms with E-state index in [1.54, 1.807) is 0 Å². The van der Waals surface area contributed by atoms with E-state index in [0.717, 1.165) is 17.7 Å². The van der Waals surface area contributed by atoms with Crippen LogP contribution < -0.4 is 5.73 Å². The largest absolute Gasteiger partial charge is 0.416 e. The minimum Gasteiger partial charge on any atom is -0.326 e. The van der Waals surface area contributed by atoms with E-state index in [1.807, 2.05) is 19.0 Å². The molecule has 1 aromatic carbocycles. The molecule has 2 N–H and O–H groups in total. The average molecular weight is 246 g/mol. The molecule has 0 amide bonds. The Kier molecular flexibility index (Phi) is 4.54. The van der Waals surface area contributed by atoms with Gasteiger partial charge in [0.1, 0.15) is 0 Å². The number of likely N-dealkylation sites (N-methyl/N-ethyl adjacent to an activating group) is 1. The van der Waals surface area contributed by atoms with Gasteiger partial charge in [0.05, 0.1) is 5.56 Å². The Morgan fingerprint density at radius 1 is 1.18 bits per heavy atom. The van der Waals surface area contributed by atoms with Gasteiger partial charge in [-0.15, -0.1) is 0 Å². The second kappa shape index (κ2) is 5.51. The molecule has 0 bridgehead atoms. The lowest BCUT2D eigenvalue weighted by molar-refractivity contribution is -0.137. The third-order valence-electron chi connectivity index (χ3n) is 2.38. The maximum absolute atomic E-state index is 12.3. The van der Waals surface area contributed by atoms with E-state index in [9.17, 15) is 13.2 Å². The van der Waals surface area contributed by atoms with Gasteiger partial charge in [0.15, 0.2) is 0 Å². The first kappa shape index (κ1) is 14.0. The fourth-order valence-corrected chi connectivity index (χ4v) is 1.67. The SMILES string of the molecule is CN(C)CC(N)Cc1ccc(C(F)(F)F)cc1. The van der Waals surface area contributed by atoms with Gasteiger partial charge in [-0.3, -0.25) is 0 Å². The Hall–Kier alpha value is -1.07. The number of nitrogens with zero attached hydrogens (tertiary/aromatic N) is 1. The van der Waals surface area contributed by atoms with E-state index in [0.29, 0.717) is 13.0 Å². The van der Waals surface area contributed by atoms with Gasteiger partial charge in [-0.2, -0.15) is 13.2 Å². The van der Waals surface area contributed by atoms with Crippen molar-refractivity contribution in [2.45, 2.75) is 18.6 Å². The molecule has 1 atom stereocenters. The van der Waals surface area contributed by atoms with Crippen LogP contribution in [0.15, 0.2) is 24.3 Å². The van der Waals surface area contributed by atoms with Crippen LogP contribution >= 0.6 is 0 Å². The molecule has 0 spiro atoms. The van der Waals surface area contributed by atoms with Crippen LogP contribution in [0.1, 0.15) is 11.1 Å². The highest BCUT2D eigenvalue weighted by molar-refractivity contribution is 5.25. The van der Waals surface area contributed by atoms with Gasteiger partial charge in [0, 0.05) is 12.6 Å². The Morgan fingerprint density at radius 2 is 1.71 bits per heavy atom. The lowest BCUT2D eigenvalue weighted by Crippen LogP contribution is -2.34. The van der Waals surface area contributed by atoms with E-state index < -0.39 is 11.7 Å². The number of benzene rings is 1. The smallest absolute Gasteiger partial charge is 0.326 e. The van der Waals surface area contributed by atoms with Crippen molar-refractivity contribution in [3.63, 3.8) is 0 Å². The monoisotopic (exact) mass is 246 g/mol. The first-order valence-electron chi connectivity index (χ1n) is 5.35. The molecule has 1 unspecified atom stereocenters. The molecule has 0 fully saturated rings. The number of alkyl halides is 3. The summed E-state index contributed by atoms with van der Waals surface area (Å²) in [6, 6.07) is 5.09. The van der Waals surface area contributed by atoms with E-state index in [1.165, 1.54) is 12.1 Å². The molecular formula is C12H17F3N2. The number of hydrogen-bond acceptors (Lipinski definition) is 2. The minimum absolute atomic E-state index is 0.0678. The van der Waals surface area contributed by atoms with Crippen molar-refractivity contribution in [1.29, 1.82) is 0 Å². The molecule has 96 valence electrons. The molecule has 2 nitrogen and oxygen atoms in total. The predicted molar refractivity (Wildman–Crippen MR) is 61.7 cm³/mol. The summed E-state index contributed by atoms with van der Waals surface area (Å²) in [7, 11) is 3.82. The molecule has 0 radical (unpaired) electrons. The molecule has 1 rings (SSSR count). The highest BCUT2D eigenvalue weighted by Crippen LogP contribution is 2.29. The summed E-state index contributed by atoms with van der Waals surface area (Å²) in [5.74, 6) is 0. The fourth-order valence-electron chi connectivity index (χ4n) is 1.67. The molecular weight excluding hydrogens is 229 g/mol. The fraction of sp³-hybridized carbons (Fsp3) is 0.500. The topological polar surface area (TPSA) is 29.3 Å². The Balaban J connectivity index is 2.63. The second-order valence-electron chi connectivity index (χ2n) is 4.42. The minimum atomic E-state index is -4.27. The normalized spacial score (nSPS) is 14.1. The van der Waals surface area contributed by atoms with E-state index >= 15 is 0 Å². The maximum atomic E-state index is 12.3. The summed E-state index contributed by atoms with van der Waals surface area (Å²) < 4.78 is 37.0. The lowest BCUT2D eigenvalue weighted by Gasteiger charge is -2.17. The third-order valence-corrected chi connectivity index (χ3v) is 2.38. The van der Waals surface area contributed by atoms with Crippen LogP contribution in [-0.2, 0) is 12.6 Å². The molecule has 5 heteroatoms. The van der Waals surface area contributed by atoms with Gasteiger partial charge in [-0.05, 0) is 38.2 Å². The van der Waals surface area contributed by atoms with Gasteiger partial charge in [-0.1, -0.05) is 12.1 Å². The van der Waals surface area contributed by atoms with Crippen molar-refractivity contribution < 1.29 is 13.2 Å². The zero-order valence-electron chi connectivity index (χ0n) is 9.96. The van der Waals surface area contributed by atoms with Gasteiger partial charge in [-0.25, -0.2) is 0 Å². The second-order valence-corrected chi connectivity index (χ2v) is 4.42. The summed E-state index contributed by atoms with van der Waals surface area (Å²) in [5, 5.41) is 0. The van der Waals surface area contributed by atoms with Crippen molar-refractivity contribution >= 4 is 0 Å². The summed E-state index contributed by atoms with van der Waals surface area (Å²) in [4.78, 5) is 1.95. The van der Waals surface area contributed by atoms with Crippen molar-refractivity contribution in [2.24, 2.45) is 5.73 Å². The Labute approximate surface area is 99.2 Å². The number of halogens is 3. The van der Waals surface area contributed by atoms with E-state index in [2.05, 4.69) is 0 Å². The molecule has 0 saturated carbocycles. The molecule has 0 aliphatic heterocycles. The van der Waals surface area contributed by atoms with E-state index in [-0.39, 0.29) is 6.04 Å². The summed E-state index contributed by atoms with van der Waals surface area (Å²) in [5.41, 5.74) is 6.07. The van der Waals surface area contributed by atoms with Gasteiger partial charge < -0.3 is 10.6 Å². The van der Waals surface area contributed by atoms with Crippen LogP contribution in [-0.4, -0.2) is 31.6 Å². The molecule has 1 aromatic rings. The van der Waals surface area contributed by atoms with Crippen LogP contribution in [0.4, 0.5) is 13.2 Å². The molecule has 0 saturated heterocycles. The number of rotatable bonds is 4. The van der Waals surface area contributed by atoms with Crippen LogP contribution in [0.3, 0.4) is 0 Å². The number of nitrogens with two attached hydrogens (primary N) is 1. The summed E-state index contributed by atoms with van der Waals surface area (Å²) in [6.07, 6.45) is -3.69. The predicted octanol–water partition coefficient (Wildman–Crippen LogP) is 2.14. The Bertz CT molecular complexity index is 344. The molecule has 0 aliphatic carbocycles. The van der Waals surface area contributed by atoms with Crippen LogP contribution in [0.2, 0.25) is 0 Å². The molecule has 0 heterocycles. The van der Waals surface area contributed by atoms with E-state index in [4.69, 9.17) is 5.73 Å². The van der Waals surface area contributed by atoms with Crippen molar-refractivity contribution in [1.82, 2.24) is 4.90 Å². The summed E-state index contributed by atoms with van der Waals surface area (Å²) >= 11 is 0. The van der Waals surface area contributed by atoms with Crippen molar-refractivity contribution in [2.75, 3.05) is 20.6 Å². The van der Waals surface area contributed by atoms with Gasteiger partial charge >= 0.3 is 6.18 Å².